The molecule has 2 unspecified atom stereocenters. The third-order valence-corrected chi connectivity index (χ3v) is 4.48. The number of para-hydroxylation sites is 1. The molecule has 2 aliphatic heterocycles. The van der Waals surface area contributed by atoms with E-state index in [2.05, 4.69) is 0 Å². The highest BCUT2D eigenvalue weighted by molar-refractivity contribution is 6.18. The number of likely N-dealkylation sites (tertiary alicyclic amines) is 1. The number of carbonyl (C=O) groups is 1. The topological polar surface area (TPSA) is 29.5 Å². The predicted molar refractivity (Wildman–Crippen MR) is 74.5 cm³/mol. The van der Waals surface area contributed by atoms with Gasteiger partial charge in [0.05, 0.1) is 5.92 Å². The summed E-state index contributed by atoms with van der Waals surface area (Å²) in [7, 11) is 0. The minimum absolute atomic E-state index is 0.0380. The van der Waals surface area contributed by atoms with Gasteiger partial charge >= 0.3 is 0 Å². The zero-order chi connectivity index (χ0) is 13.2. The molecule has 1 aromatic rings. The molecule has 3 rings (SSSR count). The monoisotopic (exact) mass is 279 g/mol. The van der Waals surface area contributed by atoms with E-state index >= 15 is 0 Å². The summed E-state index contributed by atoms with van der Waals surface area (Å²) in [5, 5.41) is 0. The summed E-state index contributed by atoms with van der Waals surface area (Å²) in [5.41, 5.74) is 1.14. The third-order valence-electron chi connectivity index (χ3n) is 4.04. The van der Waals surface area contributed by atoms with Crippen molar-refractivity contribution >= 4 is 17.5 Å². The molecule has 0 radical (unpaired) electrons. The first kappa shape index (κ1) is 12.8. The van der Waals surface area contributed by atoms with Gasteiger partial charge in [-0.15, -0.1) is 11.6 Å². The van der Waals surface area contributed by atoms with Crippen LogP contribution in [0.4, 0.5) is 0 Å². The van der Waals surface area contributed by atoms with Gasteiger partial charge < -0.3 is 9.64 Å². The Hall–Kier alpha value is -1.22. The molecular weight excluding hydrogens is 262 g/mol. The molecule has 102 valence electrons. The summed E-state index contributed by atoms with van der Waals surface area (Å²) in [5.74, 6) is 2.22. The molecule has 2 heterocycles. The molecule has 2 aliphatic rings. The van der Waals surface area contributed by atoms with Crippen molar-refractivity contribution in [2.75, 3.05) is 25.6 Å². The largest absolute Gasteiger partial charge is 0.492 e. The van der Waals surface area contributed by atoms with E-state index in [1.165, 1.54) is 0 Å². The van der Waals surface area contributed by atoms with Crippen LogP contribution in [0.3, 0.4) is 0 Å². The molecule has 2 atom stereocenters. The summed E-state index contributed by atoms with van der Waals surface area (Å²) in [6, 6.07) is 7.97. The van der Waals surface area contributed by atoms with Crippen LogP contribution in [-0.4, -0.2) is 36.4 Å². The van der Waals surface area contributed by atoms with Crippen molar-refractivity contribution in [3.05, 3.63) is 29.8 Å². The second-order valence-corrected chi connectivity index (χ2v) is 5.72. The number of alkyl halides is 1. The first-order valence-electron chi connectivity index (χ1n) is 6.83. The number of hydrogen-bond donors (Lipinski definition) is 0. The molecule has 1 amide bonds. The summed E-state index contributed by atoms with van der Waals surface area (Å²) < 4.78 is 5.70. The van der Waals surface area contributed by atoms with Crippen molar-refractivity contribution in [3.63, 3.8) is 0 Å². The number of halogens is 1. The molecule has 3 nitrogen and oxygen atoms in total. The zero-order valence-corrected chi connectivity index (χ0v) is 11.6. The number of nitrogens with zero attached hydrogens (tertiary/aromatic N) is 1. The molecule has 4 heteroatoms. The van der Waals surface area contributed by atoms with Crippen molar-refractivity contribution in [1.82, 2.24) is 4.90 Å². The minimum Gasteiger partial charge on any atom is -0.492 e. The van der Waals surface area contributed by atoms with Gasteiger partial charge in [0, 0.05) is 19.0 Å². The molecule has 0 aliphatic carbocycles. The van der Waals surface area contributed by atoms with Gasteiger partial charge in [0.15, 0.2) is 0 Å². The highest BCUT2D eigenvalue weighted by Crippen LogP contribution is 2.29. The number of amides is 1. The maximum atomic E-state index is 12.5. The molecule has 1 saturated heterocycles. The van der Waals surface area contributed by atoms with Gasteiger partial charge in [-0.2, -0.15) is 0 Å². The molecule has 0 saturated carbocycles. The van der Waals surface area contributed by atoms with E-state index in [4.69, 9.17) is 16.3 Å². The molecule has 0 N–H and O–H groups in total. The molecule has 0 bridgehead atoms. The van der Waals surface area contributed by atoms with E-state index in [1.54, 1.807) is 0 Å². The van der Waals surface area contributed by atoms with E-state index in [1.807, 2.05) is 29.2 Å². The molecule has 0 spiro atoms. The van der Waals surface area contributed by atoms with E-state index in [0.29, 0.717) is 18.4 Å². The number of rotatable bonds is 2. The van der Waals surface area contributed by atoms with E-state index < -0.39 is 0 Å². The summed E-state index contributed by atoms with van der Waals surface area (Å²) in [6.07, 6.45) is 1.82. The quantitative estimate of drug-likeness (QED) is 0.778. The lowest BCUT2D eigenvalue weighted by atomic mass is 9.95. The third kappa shape index (κ3) is 2.57. The van der Waals surface area contributed by atoms with Crippen LogP contribution in [0.1, 0.15) is 12.0 Å². The maximum absolute atomic E-state index is 12.5. The van der Waals surface area contributed by atoms with E-state index in [-0.39, 0.29) is 11.8 Å². The fourth-order valence-corrected chi connectivity index (χ4v) is 3.16. The van der Waals surface area contributed by atoms with Crippen LogP contribution >= 0.6 is 11.6 Å². The van der Waals surface area contributed by atoms with Crippen molar-refractivity contribution in [3.8, 4) is 5.75 Å². The standard InChI is InChI=1S/C15H18ClNO2/c16-8-11-5-6-17(9-11)15(18)13-7-12-3-1-2-4-14(12)19-10-13/h1-4,11,13H,5-10H2. The van der Waals surface area contributed by atoms with Gasteiger partial charge in [-0.1, -0.05) is 18.2 Å². The molecule has 1 fully saturated rings. The lowest BCUT2D eigenvalue weighted by molar-refractivity contribution is -0.135. The van der Waals surface area contributed by atoms with Gasteiger partial charge in [-0.25, -0.2) is 0 Å². The second kappa shape index (κ2) is 5.41. The van der Waals surface area contributed by atoms with Gasteiger partial charge in [-0.3, -0.25) is 4.79 Å². The Morgan fingerprint density at radius 2 is 2.26 bits per heavy atom. The van der Waals surface area contributed by atoms with Crippen LogP contribution in [0, 0.1) is 11.8 Å². The Morgan fingerprint density at radius 1 is 1.42 bits per heavy atom. The van der Waals surface area contributed by atoms with Crippen LogP contribution in [-0.2, 0) is 11.2 Å². The fourth-order valence-electron chi connectivity index (χ4n) is 2.90. The van der Waals surface area contributed by atoms with E-state index in [9.17, 15) is 4.79 Å². The minimum atomic E-state index is -0.0380. The number of hydrogen-bond acceptors (Lipinski definition) is 2. The van der Waals surface area contributed by atoms with Crippen LogP contribution in [0.2, 0.25) is 0 Å². The van der Waals surface area contributed by atoms with Crippen LogP contribution in [0.15, 0.2) is 24.3 Å². The number of fused-ring (bicyclic) bond motifs is 1. The summed E-state index contributed by atoms with van der Waals surface area (Å²) in [4.78, 5) is 14.4. The average Bonchev–Trinajstić information content (AvgIpc) is 2.95. The Kier molecular flexibility index (Phi) is 3.65. The Labute approximate surface area is 118 Å². The molecule has 1 aromatic carbocycles. The average molecular weight is 280 g/mol. The smallest absolute Gasteiger partial charge is 0.229 e. The maximum Gasteiger partial charge on any atom is 0.229 e. The number of carbonyl (C=O) groups excluding carboxylic acids is 1. The first-order valence-corrected chi connectivity index (χ1v) is 7.37. The van der Waals surface area contributed by atoms with Crippen molar-refractivity contribution in [2.45, 2.75) is 12.8 Å². The Bertz CT molecular complexity index is 477. The molecule has 0 aromatic heterocycles. The lowest BCUT2D eigenvalue weighted by Gasteiger charge is -2.28. The van der Waals surface area contributed by atoms with Crippen molar-refractivity contribution < 1.29 is 9.53 Å². The van der Waals surface area contributed by atoms with Crippen LogP contribution in [0.25, 0.3) is 0 Å². The highest BCUT2D eigenvalue weighted by Gasteiger charge is 2.33. The van der Waals surface area contributed by atoms with Crippen LogP contribution in [0.5, 0.6) is 5.75 Å². The normalized spacial score (nSPS) is 25.8. The highest BCUT2D eigenvalue weighted by atomic mass is 35.5. The van der Waals surface area contributed by atoms with Crippen LogP contribution < -0.4 is 4.74 Å². The Morgan fingerprint density at radius 3 is 3.05 bits per heavy atom. The number of benzene rings is 1. The SMILES string of the molecule is O=C(C1COc2ccccc2C1)N1CCC(CCl)C1. The van der Waals surface area contributed by atoms with Crippen molar-refractivity contribution in [1.29, 1.82) is 0 Å². The first-order chi connectivity index (χ1) is 9.28. The van der Waals surface area contributed by atoms with Gasteiger partial charge in [0.25, 0.3) is 0 Å². The fraction of sp³-hybridized carbons (Fsp3) is 0.533. The van der Waals surface area contributed by atoms with Gasteiger partial charge in [-0.05, 0) is 30.4 Å². The van der Waals surface area contributed by atoms with Gasteiger partial charge in [0.1, 0.15) is 12.4 Å². The van der Waals surface area contributed by atoms with Gasteiger partial charge in [0.2, 0.25) is 5.91 Å². The lowest BCUT2D eigenvalue weighted by Crippen LogP contribution is -2.39. The molecular formula is C15H18ClNO2. The van der Waals surface area contributed by atoms with Crippen molar-refractivity contribution in [2.24, 2.45) is 11.8 Å². The summed E-state index contributed by atoms with van der Waals surface area (Å²) in [6.45, 7) is 2.15. The molecule has 19 heavy (non-hydrogen) atoms. The second-order valence-electron chi connectivity index (χ2n) is 5.41. The summed E-state index contributed by atoms with van der Waals surface area (Å²) >= 11 is 5.87. The predicted octanol–water partition coefficient (Wildman–Crippen LogP) is 2.33. The number of ether oxygens (including phenoxy) is 1. The Balaban J connectivity index is 1.66. The zero-order valence-electron chi connectivity index (χ0n) is 10.8. The van der Waals surface area contributed by atoms with E-state index in [0.717, 1.165) is 37.2 Å².